The van der Waals surface area contributed by atoms with Gasteiger partial charge in [0.05, 0.1) is 23.2 Å². The van der Waals surface area contributed by atoms with E-state index in [9.17, 15) is 19.5 Å². The van der Waals surface area contributed by atoms with Gasteiger partial charge in [0.2, 0.25) is 11.8 Å². The minimum Gasteiger partial charge on any atom is -0.465 e. The molecule has 1 unspecified atom stereocenters. The van der Waals surface area contributed by atoms with Crippen molar-refractivity contribution in [2.75, 3.05) is 26.3 Å². The number of hydrogen-bond acceptors (Lipinski definition) is 6. The summed E-state index contributed by atoms with van der Waals surface area (Å²) in [6.45, 7) is 14.2. The van der Waals surface area contributed by atoms with Crippen molar-refractivity contribution >= 4 is 29.5 Å². The number of cyclic esters (lactones) is 1. The van der Waals surface area contributed by atoms with Gasteiger partial charge in [0.25, 0.3) is 0 Å². The molecule has 7 nitrogen and oxygen atoms in total. The fraction of sp³-hybridized carbons (Fsp3) is 0.774. The maximum absolute atomic E-state index is 14.7. The minimum atomic E-state index is -0.853. The number of carbonyl (C=O) groups is 3. The van der Waals surface area contributed by atoms with Gasteiger partial charge in [-0.3, -0.25) is 14.4 Å². The number of carbonyl (C=O) groups excluding carboxylic acids is 3. The lowest BCUT2D eigenvalue weighted by atomic mass is 9.74. The third-order valence-electron chi connectivity index (χ3n) is 8.75. The molecule has 2 amide bonds. The fourth-order valence-corrected chi connectivity index (χ4v) is 9.70. The first-order valence-corrected chi connectivity index (χ1v) is 15.5. The topological polar surface area (TPSA) is 87.2 Å². The summed E-state index contributed by atoms with van der Waals surface area (Å²) in [6.07, 6.45) is 14.0. The molecule has 1 spiro atoms. The van der Waals surface area contributed by atoms with Gasteiger partial charge >= 0.3 is 5.97 Å². The summed E-state index contributed by atoms with van der Waals surface area (Å²) < 4.78 is 4.25. The summed E-state index contributed by atoms with van der Waals surface area (Å²) >= 11 is 1.61. The van der Waals surface area contributed by atoms with E-state index < -0.39 is 32.9 Å². The lowest BCUT2D eigenvalue weighted by Crippen LogP contribution is -2.58. The van der Waals surface area contributed by atoms with Gasteiger partial charge in [-0.05, 0) is 71.1 Å². The Hall–Kier alpha value is -1.80. The maximum Gasteiger partial charge on any atom is 0.311 e. The second-order valence-electron chi connectivity index (χ2n) is 13.8. The Bertz CT molecular complexity index is 1020. The van der Waals surface area contributed by atoms with Crippen LogP contribution in [0, 0.1) is 17.3 Å². The quantitative estimate of drug-likeness (QED) is 0.275. The zero-order valence-electron chi connectivity index (χ0n) is 24.7. The van der Waals surface area contributed by atoms with Crippen molar-refractivity contribution in [2.24, 2.45) is 17.3 Å². The van der Waals surface area contributed by atoms with Crippen molar-refractivity contribution < 1.29 is 24.2 Å². The number of aliphatic hydroxyl groups excluding tert-OH is 1. The summed E-state index contributed by atoms with van der Waals surface area (Å²) in [5.74, 6) is -1.83. The van der Waals surface area contributed by atoms with Crippen LogP contribution in [0.5, 0.6) is 0 Å². The standard InChI is InChI=1S/C31H48N2O5S/c1-28(2,3)21-29(4,5)33-18-14-16-31-22(25(35)32(24(31)26(33)36)17-11-9-12-19-34)23-27(37)38-20-13-8-7-10-15-30(23,6)39-31/h10,14-16,22-24,34H,7-9,11-13,17-21H2,1-6H3/b15-10-/t22-,23+,24?,30-,31-/m0/s1. The van der Waals surface area contributed by atoms with Crippen LogP contribution >= 0.6 is 11.8 Å². The molecular formula is C31H48N2O5S. The highest BCUT2D eigenvalue weighted by Gasteiger charge is 2.74. The molecule has 5 atom stereocenters. The van der Waals surface area contributed by atoms with E-state index in [-0.39, 0.29) is 29.8 Å². The number of fused-ring (bicyclic) bond motifs is 2. The van der Waals surface area contributed by atoms with Crippen LogP contribution < -0.4 is 0 Å². The number of rotatable bonds is 7. The first-order chi connectivity index (χ1) is 18.3. The number of amides is 2. The molecule has 0 bridgehead atoms. The van der Waals surface area contributed by atoms with Gasteiger partial charge in [-0.1, -0.05) is 45.1 Å². The molecule has 4 heterocycles. The summed E-state index contributed by atoms with van der Waals surface area (Å²) in [5.41, 5.74) is -0.402. The molecule has 0 radical (unpaired) electrons. The molecule has 2 saturated heterocycles. The molecule has 2 fully saturated rings. The van der Waals surface area contributed by atoms with Gasteiger partial charge < -0.3 is 19.6 Å². The maximum atomic E-state index is 14.7. The van der Waals surface area contributed by atoms with Crippen molar-refractivity contribution in [3.05, 3.63) is 24.3 Å². The van der Waals surface area contributed by atoms with Crippen LogP contribution in [-0.4, -0.2) is 80.1 Å². The number of thioether (sulfide) groups is 1. The average Bonchev–Trinajstić information content (AvgIpc) is 3.14. The predicted octanol–water partition coefficient (Wildman–Crippen LogP) is 4.73. The Balaban J connectivity index is 1.80. The lowest BCUT2D eigenvalue weighted by molar-refractivity contribution is -0.154. The Labute approximate surface area is 238 Å². The van der Waals surface area contributed by atoms with Gasteiger partial charge in [-0.2, -0.15) is 0 Å². The SMILES string of the molecule is CC(C)(C)CC(C)(C)N1CC=C[C@]23S[C@@]4(C)/C=C\CCCCOC(=O)[C@H]4[C@H]2C(=O)N(CCCCCO)C3C1=O. The molecule has 8 heteroatoms. The average molecular weight is 561 g/mol. The van der Waals surface area contributed by atoms with Gasteiger partial charge in [-0.15, -0.1) is 11.8 Å². The van der Waals surface area contributed by atoms with Crippen LogP contribution in [0.15, 0.2) is 24.3 Å². The van der Waals surface area contributed by atoms with Crippen molar-refractivity contribution in [1.82, 2.24) is 9.80 Å². The van der Waals surface area contributed by atoms with Crippen molar-refractivity contribution in [1.29, 1.82) is 0 Å². The van der Waals surface area contributed by atoms with Crippen molar-refractivity contribution in [3.8, 4) is 0 Å². The van der Waals surface area contributed by atoms with E-state index in [1.165, 1.54) is 0 Å². The van der Waals surface area contributed by atoms with E-state index in [1.54, 1.807) is 16.7 Å². The Morgan fingerprint density at radius 1 is 1.00 bits per heavy atom. The number of nitrogens with zero attached hydrogens (tertiary/aromatic N) is 2. The van der Waals surface area contributed by atoms with E-state index in [4.69, 9.17) is 4.74 Å². The lowest BCUT2D eigenvalue weighted by Gasteiger charge is -2.44. The molecule has 0 aromatic heterocycles. The highest BCUT2D eigenvalue weighted by atomic mass is 32.2. The Kier molecular flexibility index (Phi) is 8.69. The van der Waals surface area contributed by atoms with Gasteiger partial charge in [0.15, 0.2) is 0 Å². The van der Waals surface area contributed by atoms with Crippen LogP contribution in [0.4, 0.5) is 0 Å². The smallest absolute Gasteiger partial charge is 0.311 e. The number of hydrogen-bond donors (Lipinski definition) is 1. The molecular weight excluding hydrogens is 512 g/mol. The van der Waals surface area contributed by atoms with E-state index in [1.807, 2.05) is 11.8 Å². The third-order valence-corrected chi connectivity index (χ3v) is 10.5. The highest BCUT2D eigenvalue weighted by Crippen LogP contribution is 2.65. The van der Waals surface area contributed by atoms with Gasteiger partial charge in [-0.25, -0.2) is 0 Å². The van der Waals surface area contributed by atoms with Gasteiger partial charge in [0, 0.05) is 30.0 Å². The largest absolute Gasteiger partial charge is 0.465 e. The number of esters is 1. The first kappa shape index (κ1) is 30.2. The molecule has 218 valence electrons. The van der Waals surface area contributed by atoms with E-state index >= 15 is 0 Å². The second-order valence-corrected chi connectivity index (χ2v) is 15.6. The van der Waals surface area contributed by atoms with Crippen LogP contribution in [0.2, 0.25) is 0 Å². The monoisotopic (exact) mass is 560 g/mol. The summed E-state index contributed by atoms with van der Waals surface area (Å²) in [5, 5.41) is 9.29. The molecule has 0 aromatic carbocycles. The Morgan fingerprint density at radius 2 is 1.74 bits per heavy atom. The van der Waals surface area contributed by atoms with Crippen molar-refractivity contribution in [2.45, 2.75) is 108 Å². The zero-order chi connectivity index (χ0) is 28.6. The zero-order valence-corrected chi connectivity index (χ0v) is 25.5. The third kappa shape index (κ3) is 5.70. The summed E-state index contributed by atoms with van der Waals surface area (Å²) in [6, 6.07) is -0.692. The van der Waals surface area contributed by atoms with Gasteiger partial charge in [0.1, 0.15) is 6.04 Å². The number of ether oxygens (including phenoxy) is 1. The molecule has 0 saturated carbocycles. The van der Waals surface area contributed by atoms with Crippen molar-refractivity contribution in [3.63, 3.8) is 0 Å². The molecule has 39 heavy (non-hydrogen) atoms. The van der Waals surface area contributed by atoms with Crippen LogP contribution in [0.25, 0.3) is 0 Å². The highest BCUT2D eigenvalue weighted by molar-refractivity contribution is 8.02. The van der Waals surface area contributed by atoms with Crippen LogP contribution in [0.1, 0.15) is 86.5 Å². The summed E-state index contributed by atoms with van der Waals surface area (Å²) in [7, 11) is 0. The van der Waals surface area contributed by atoms with E-state index in [0.29, 0.717) is 32.5 Å². The van der Waals surface area contributed by atoms with Crippen LogP contribution in [-0.2, 0) is 19.1 Å². The number of aliphatic hydroxyl groups is 1. The first-order valence-electron chi connectivity index (χ1n) is 14.7. The number of allylic oxidation sites excluding steroid dienone is 1. The van der Waals surface area contributed by atoms with E-state index in [2.05, 4.69) is 58.9 Å². The summed E-state index contributed by atoms with van der Waals surface area (Å²) in [4.78, 5) is 46.4. The van der Waals surface area contributed by atoms with Crippen LogP contribution in [0.3, 0.4) is 0 Å². The predicted molar refractivity (Wildman–Crippen MR) is 155 cm³/mol. The minimum absolute atomic E-state index is 0.0160. The molecule has 4 aliphatic rings. The normalized spacial score (nSPS) is 34.3. The molecule has 0 aromatic rings. The fourth-order valence-electron chi connectivity index (χ4n) is 7.55. The Morgan fingerprint density at radius 3 is 2.44 bits per heavy atom. The molecule has 1 N–H and O–H groups in total. The molecule has 0 aliphatic carbocycles. The van der Waals surface area contributed by atoms with E-state index in [0.717, 1.165) is 32.1 Å². The number of unbranched alkanes of at least 4 members (excludes halogenated alkanes) is 2. The second kappa shape index (κ2) is 11.2. The molecule has 4 rings (SSSR count). The molecule has 4 aliphatic heterocycles. The number of likely N-dealkylation sites (tertiary alicyclic amines) is 1.